The molecule has 132 valence electrons. The molecule has 0 saturated carbocycles. The lowest BCUT2D eigenvalue weighted by Crippen LogP contribution is -2.42. The topological polar surface area (TPSA) is 54.7 Å². The second kappa shape index (κ2) is 6.88. The molecular weight excluding hydrogens is 323 g/mol. The van der Waals surface area contributed by atoms with Crippen molar-refractivity contribution in [2.45, 2.75) is 31.6 Å². The van der Waals surface area contributed by atoms with Crippen molar-refractivity contribution < 1.29 is 18.3 Å². The van der Waals surface area contributed by atoms with Gasteiger partial charge in [0.25, 0.3) is 0 Å². The molecule has 1 aromatic heterocycles. The quantitative estimate of drug-likeness (QED) is 0.927. The van der Waals surface area contributed by atoms with Crippen LogP contribution in [-0.2, 0) is 16.1 Å². The van der Waals surface area contributed by atoms with Gasteiger partial charge in [-0.25, -0.2) is 4.39 Å². The lowest BCUT2D eigenvalue weighted by Gasteiger charge is -2.35. The summed E-state index contributed by atoms with van der Waals surface area (Å²) in [5, 5.41) is 2.87. The summed E-state index contributed by atoms with van der Waals surface area (Å²) in [7, 11) is 0. The van der Waals surface area contributed by atoms with E-state index in [9.17, 15) is 9.18 Å². The molecule has 4 rings (SSSR count). The maximum absolute atomic E-state index is 13.4. The molecule has 1 N–H and O–H groups in total. The maximum atomic E-state index is 13.4. The van der Waals surface area contributed by atoms with Gasteiger partial charge in [-0.05, 0) is 49.1 Å². The van der Waals surface area contributed by atoms with Gasteiger partial charge in [-0.15, -0.1) is 0 Å². The normalized spacial score (nSPS) is 25.6. The van der Waals surface area contributed by atoms with E-state index in [1.807, 2.05) is 12.1 Å². The van der Waals surface area contributed by atoms with E-state index in [1.54, 1.807) is 24.5 Å². The van der Waals surface area contributed by atoms with E-state index in [0.717, 1.165) is 30.8 Å². The number of ether oxygens (including phenoxy) is 1. The first-order valence-corrected chi connectivity index (χ1v) is 8.65. The summed E-state index contributed by atoms with van der Waals surface area (Å²) in [4.78, 5) is 14.5. The summed E-state index contributed by atoms with van der Waals surface area (Å²) in [5.74, 6) is 0.774. The molecule has 25 heavy (non-hydrogen) atoms. The van der Waals surface area contributed by atoms with Gasteiger partial charge in [-0.1, -0.05) is 6.07 Å². The Morgan fingerprint density at radius 1 is 1.32 bits per heavy atom. The van der Waals surface area contributed by atoms with Crippen LogP contribution in [0.3, 0.4) is 0 Å². The SMILES string of the molecule is O=C(NCc1ccco1)[C@@H]1C[C@H]2CCN(c3cccc(F)c3)C[C@H]2O1. The van der Waals surface area contributed by atoms with Crippen molar-refractivity contribution in [3.05, 3.63) is 54.2 Å². The number of amides is 1. The largest absolute Gasteiger partial charge is 0.467 e. The van der Waals surface area contributed by atoms with Crippen LogP contribution in [0.1, 0.15) is 18.6 Å². The molecule has 5 nitrogen and oxygen atoms in total. The number of hydrogen-bond donors (Lipinski definition) is 1. The highest BCUT2D eigenvalue weighted by molar-refractivity contribution is 5.81. The molecule has 1 amide bonds. The van der Waals surface area contributed by atoms with Gasteiger partial charge in [-0.2, -0.15) is 0 Å². The second-order valence-corrected chi connectivity index (χ2v) is 6.67. The van der Waals surface area contributed by atoms with Gasteiger partial charge in [0.1, 0.15) is 17.7 Å². The Labute approximate surface area is 145 Å². The summed E-state index contributed by atoms with van der Waals surface area (Å²) in [6.45, 7) is 1.92. The third-order valence-electron chi connectivity index (χ3n) is 5.03. The van der Waals surface area contributed by atoms with Crippen LogP contribution in [0.2, 0.25) is 0 Å². The number of piperidine rings is 1. The third kappa shape index (κ3) is 3.54. The van der Waals surface area contributed by atoms with E-state index < -0.39 is 6.10 Å². The first-order valence-electron chi connectivity index (χ1n) is 8.65. The Morgan fingerprint density at radius 3 is 3.04 bits per heavy atom. The zero-order valence-corrected chi connectivity index (χ0v) is 13.9. The summed E-state index contributed by atoms with van der Waals surface area (Å²) in [5.41, 5.74) is 0.868. The van der Waals surface area contributed by atoms with Crippen LogP contribution in [0.25, 0.3) is 0 Å². The predicted molar refractivity (Wildman–Crippen MR) is 90.6 cm³/mol. The van der Waals surface area contributed by atoms with Crippen LogP contribution in [0.5, 0.6) is 0 Å². The van der Waals surface area contributed by atoms with Crippen LogP contribution in [0.15, 0.2) is 47.1 Å². The van der Waals surface area contributed by atoms with Gasteiger partial charge >= 0.3 is 0 Å². The highest BCUT2D eigenvalue weighted by Crippen LogP contribution is 2.35. The average molecular weight is 344 g/mol. The number of anilines is 1. The molecule has 3 heterocycles. The standard InChI is InChI=1S/C19H21FN2O3/c20-14-3-1-4-15(10-14)22-7-6-13-9-17(25-18(13)12-22)19(23)21-11-16-5-2-8-24-16/h1-5,8,10,13,17-18H,6-7,9,11-12H2,(H,21,23)/t13-,17+,18-/m1/s1. The van der Waals surface area contributed by atoms with Gasteiger partial charge in [0, 0.05) is 18.8 Å². The zero-order valence-electron chi connectivity index (χ0n) is 13.9. The van der Waals surface area contributed by atoms with Crippen LogP contribution in [0.4, 0.5) is 10.1 Å². The Kier molecular flexibility index (Phi) is 4.44. The average Bonchev–Trinajstić information content (AvgIpc) is 3.28. The van der Waals surface area contributed by atoms with Crippen molar-refractivity contribution in [1.82, 2.24) is 5.32 Å². The monoisotopic (exact) mass is 344 g/mol. The van der Waals surface area contributed by atoms with Gasteiger partial charge in [0.15, 0.2) is 0 Å². The van der Waals surface area contributed by atoms with E-state index in [1.165, 1.54) is 6.07 Å². The van der Waals surface area contributed by atoms with E-state index in [4.69, 9.17) is 9.15 Å². The Morgan fingerprint density at radius 2 is 2.24 bits per heavy atom. The fraction of sp³-hybridized carbons (Fsp3) is 0.421. The van der Waals surface area contributed by atoms with Crippen molar-refractivity contribution in [2.24, 2.45) is 5.92 Å². The Hall–Kier alpha value is -2.34. The first-order chi connectivity index (χ1) is 12.2. The third-order valence-corrected chi connectivity index (χ3v) is 5.03. The number of nitrogens with zero attached hydrogens (tertiary/aromatic N) is 1. The van der Waals surface area contributed by atoms with Crippen molar-refractivity contribution in [2.75, 3.05) is 18.0 Å². The fourth-order valence-electron chi connectivity index (χ4n) is 3.71. The maximum Gasteiger partial charge on any atom is 0.249 e. The fourth-order valence-corrected chi connectivity index (χ4v) is 3.71. The van der Waals surface area contributed by atoms with E-state index in [2.05, 4.69) is 10.2 Å². The second-order valence-electron chi connectivity index (χ2n) is 6.67. The van der Waals surface area contributed by atoms with Gasteiger partial charge in [-0.3, -0.25) is 4.79 Å². The Bertz CT molecular complexity index is 734. The number of rotatable bonds is 4. The van der Waals surface area contributed by atoms with Gasteiger partial charge in [0.2, 0.25) is 5.91 Å². The molecule has 2 aliphatic heterocycles. The van der Waals surface area contributed by atoms with E-state index in [-0.39, 0.29) is 17.8 Å². The predicted octanol–water partition coefficient (Wildman–Crippen LogP) is 2.72. The van der Waals surface area contributed by atoms with Crippen molar-refractivity contribution >= 4 is 11.6 Å². The van der Waals surface area contributed by atoms with Gasteiger partial charge in [0.05, 0.1) is 18.9 Å². The van der Waals surface area contributed by atoms with Crippen molar-refractivity contribution in [3.63, 3.8) is 0 Å². The summed E-state index contributed by atoms with van der Waals surface area (Å²) < 4.78 is 24.7. The number of nitrogens with one attached hydrogen (secondary N) is 1. The summed E-state index contributed by atoms with van der Waals surface area (Å²) in [6.07, 6.45) is 2.87. The molecule has 2 aliphatic rings. The number of fused-ring (bicyclic) bond motifs is 1. The molecule has 0 aliphatic carbocycles. The molecule has 2 aromatic rings. The lowest BCUT2D eigenvalue weighted by molar-refractivity contribution is -0.132. The minimum Gasteiger partial charge on any atom is -0.467 e. The number of carbonyl (C=O) groups is 1. The van der Waals surface area contributed by atoms with E-state index in [0.29, 0.717) is 19.0 Å². The molecule has 6 heteroatoms. The molecule has 3 atom stereocenters. The minimum absolute atomic E-state index is 0.0105. The number of hydrogen-bond acceptors (Lipinski definition) is 4. The smallest absolute Gasteiger partial charge is 0.249 e. The summed E-state index contributed by atoms with van der Waals surface area (Å²) >= 11 is 0. The molecule has 2 fully saturated rings. The number of furan rings is 1. The first kappa shape index (κ1) is 16.1. The molecule has 0 spiro atoms. The van der Waals surface area contributed by atoms with Crippen LogP contribution in [0, 0.1) is 11.7 Å². The minimum atomic E-state index is -0.419. The highest BCUT2D eigenvalue weighted by atomic mass is 19.1. The molecule has 2 saturated heterocycles. The number of halogens is 1. The van der Waals surface area contributed by atoms with Crippen molar-refractivity contribution in [1.29, 1.82) is 0 Å². The van der Waals surface area contributed by atoms with Gasteiger partial charge < -0.3 is 19.4 Å². The molecular formula is C19H21FN2O3. The molecule has 0 radical (unpaired) electrons. The van der Waals surface area contributed by atoms with Crippen LogP contribution >= 0.6 is 0 Å². The lowest BCUT2D eigenvalue weighted by atomic mass is 9.91. The molecule has 0 bridgehead atoms. The Balaban J connectivity index is 1.34. The van der Waals surface area contributed by atoms with Crippen LogP contribution in [-0.4, -0.2) is 31.2 Å². The summed E-state index contributed by atoms with van der Waals surface area (Å²) in [6, 6.07) is 10.2. The zero-order chi connectivity index (χ0) is 17.2. The van der Waals surface area contributed by atoms with Crippen molar-refractivity contribution in [3.8, 4) is 0 Å². The number of benzene rings is 1. The van der Waals surface area contributed by atoms with E-state index >= 15 is 0 Å². The molecule has 0 unspecified atom stereocenters. The number of carbonyl (C=O) groups excluding carboxylic acids is 1. The highest BCUT2D eigenvalue weighted by Gasteiger charge is 2.41. The van der Waals surface area contributed by atoms with Crippen LogP contribution < -0.4 is 10.2 Å². The molecule has 1 aromatic carbocycles.